The van der Waals surface area contributed by atoms with Gasteiger partial charge in [-0.2, -0.15) is 12.8 Å². The lowest BCUT2D eigenvalue weighted by Gasteiger charge is -2.19. The minimum absolute atomic E-state index is 0.106. The minimum Gasteiger partial charge on any atom is -0.497 e. The number of nitrogens with one attached hydrogen (secondary N) is 1. The zero-order chi connectivity index (χ0) is 22.7. The summed E-state index contributed by atoms with van der Waals surface area (Å²) in [5.74, 6) is 0.451. The van der Waals surface area contributed by atoms with Crippen LogP contribution in [0.3, 0.4) is 0 Å². The summed E-state index contributed by atoms with van der Waals surface area (Å²) in [5.41, 5.74) is 3.02. The van der Waals surface area contributed by atoms with Crippen LogP contribution in [-0.2, 0) is 16.4 Å². The van der Waals surface area contributed by atoms with Crippen LogP contribution in [0.1, 0.15) is 28.4 Å². The third-order valence-electron chi connectivity index (χ3n) is 5.19. The fraction of sp³-hybridized carbons (Fsp3) is 0.120. The molecule has 1 N–H and O–H groups in total. The second-order valence-electron chi connectivity index (χ2n) is 7.24. The number of ketones is 1. The number of Topliss-reactive ketones (excluding diaryl/α,β-unsaturated/α-hetero) is 1. The van der Waals surface area contributed by atoms with E-state index in [1.807, 2.05) is 6.92 Å². The standard InChI is InChI=1S/C25H22N2O4S/c1-3-17-8-14-20(15-9-17)32(29,30)27-23-16-24(25(28)22-7-5-4-6-21(22)23)26-18-10-12-19(31-2)13-11-18/h4-16,26H,3H2,1-2H3. The smallest absolute Gasteiger partial charge is 0.282 e. The van der Waals surface area contributed by atoms with Crippen molar-refractivity contribution in [3.8, 4) is 5.75 Å². The van der Waals surface area contributed by atoms with Gasteiger partial charge < -0.3 is 10.1 Å². The molecule has 6 nitrogen and oxygen atoms in total. The van der Waals surface area contributed by atoms with E-state index in [2.05, 4.69) is 9.71 Å². The summed E-state index contributed by atoms with van der Waals surface area (Å²) in [5, 5.41) is 3.07. The molecule has 0 spiro atoms. The molecule has 0 heterocycles. The Balaban J connectivity index is 1.76. The van der Waals surface area contributed by atoms with Crippen molar-refractivity contribution in [1.29, 1.82) is 0 Å². The molecule has 3 aromatic carbocycles. The van der Waals surface area contributed by atoms with Crippen molar-refractivity contribution in [2.75, 3.05) is 12.4 Å². The Labute approximate surface area is 187 Å². The zero-order valence-electron chi connectivity index (χ0n) is 17.7. The van der Waals surface area contributed by atoms with Crippen molar-refractivity contribution < 1.29 is 17.9 Å². The van der Waals surface area contributed by atoms with Gasteiger partial charge >= 0.3 is 0 Å². The molecule has 7 heteroatoms. The van der Waals surface area contributed by atoms with E-state index in [0.717, 1.165) is 12.0 Å². The van der Waals surface area contributed by atoms with Crippen LogP contribution in [0.5, 0.6) is 5.75 Å². The Hall–Kier alpha value is -3.71. The van der Waals surface area contributed by atoms with Gasteiger partial charge in [-0.25, -0.2) is 0 Å². The molecule has 0 atom stereocenters. The second kappa shape index (κ2) is 8.80. The van der Waals surface area contributed by atoms with Crippen molar-refractivity contribution in [3.63, 3.8) is 0 Å². The number of hydrogen-bond donors (Lipinski definition) is 1. The fourth-order valence-corrected chi connectivity index (χ4v) is 4.40. The lowest BCUT2D eigenvalue weighted by atomic mass is 9.92. The third-order valence-corrected chi connectivity index (χ3v) is 6.50. The van der Waals surface area contributed by atoms with Crippen molar-refractivity contribution >= 4 is 27.2 Å². The molecule has 162 valence electrons. The van der Waals surface area contributed by atoms with E-state index in [0.29, 0.717) is 22.6 Å². The first-order valence-corrected chi connectivity index (χ1v) is 11.6. The lowest BCUT2D eigenvalue weighted by molar-refractivity contribution is 0.103. The predicted octanol–water partition coefficient (Wildman–Crippen LogP) is 4.63. The van der Waals surface area contributed by atoms with E-state index in [1.165, 1.54) is 6.08 Å². The molecule has 0 radical (unpaired) electrons. The Bertz CT molecular complexity index is 1320. The first-order valence-electron chi connectivity index (χ1n) is 10.1. The number of aryl methyl sites for hydroxylation is 1. The van der Waals surface area contributed by atoms with E-state index in [-0.39, 0.29) is 22.1 Å². The number of carbonyl (C=O) groups excluding carboxylic acids is 1. The Kier molecular flexibility index (Phi) is 5.92. The lowest BCUT2D eigenvalue weighted by Crippen LogP contribution is -2.22. The topological polar surface area (TPSA) is 84.8 Å². The summed E-state index contributed by atoms with van der Waals surface area (Å²) in [6, 6.07) is 20.6. The van der Waals surface area contributed by atoms with Gasteiger partial charge in [0.15, 0.2) is 0 Å². The van der Waals surface area contributed by atoms with Gasteiger partial charge in [0.25, 0.3) is 10.0 Å². The highest BCUT2D eigenvalue weighted by Crippen LogP contribution is 2.26. The number of carbonyl (C=O) groups is 1. The molecule has 0 aromatic heterocycles. The van der Waals surface area contributed by atoms with E-state index in [1.54, 1.807) is 79.9 Å². The van der Waals surface area contributed by atoms with Gasteiger partial charge in [-0.05, 0) is 54.5 Å². The summed E-state index contributed by atoms with van der Waals surface area (Å²) in [6.45, 7) is 2.00. The monoisotopic (exact) mass is 446 g/mol. The van der Waals surface area contributed by atoms with Gasteiger partial charge in [-0.3, -0.25) is 4.79 Å². The summed E-state index contributed by atoms with van der Waals surface area (Å²) in [7, 11) is -2.39. The van der Waals surface area contributed by atoms with E-state index in [4.69, 9.17) is 4.74 Å². The largest absolute Gasteiger partial charge is 0.497 e. The second-order valence-corrected chi connectivity index (χ2v) is 8.84. The molecule has 0 saturated heterocycles. The van der Waals surface area contributed by atoms with Crippen LogP contribution >= 0.6 is 0 Å². The number of ether oxygens (including phenoxy) is 1. The predicted molar refractivity (Wildman–Crippen MR) is 125 cm³/mol. The molecule has 32 heavy (non-hydrogen) atoms. The number of nitrogens with zero attached hydrogens (tertiary/aromatic N) is 1. The number of benzene rings is 3. The van der Waals surface area contributed by atoms with Crippen molar-refractivity contribution in [2.45, 2.75) is 18.2 Å². The molecular formula is C25H22N2O4S. The van der Waals surface area contributed by atoms with Crippen LogP contribution in [0.4, 0.5) is 5.69 Å². The Morgan fingerprint density at radius 1 is 0.906 bits per heavy atom. The molecule has 3 aromatic rings. The Morgan fingerprint density at radius 3 is 2.19 bits per heavy atom. The van der Waals surface area contributed by atoms with Gasteiger partial charge in [-0.1, -0.05) is 43.3 Å². The molecule has 1 aliphatic rings. The number of sulfonamides is 1. The zero-order valence-corrected chi connectivity index (χ0v) is 18.5. The fourth-order valence-electron chi connectivity index (χ4n) is 3.41. The van der Waals surface area contributed by atoms with Crippen molar-refractivity contribution in [1.82, 2.24) is 0 Å². The molecule has 0 bridgehead atoms. The van der Waals surface area contributed by atoms with Gasteiger partial charge in [-0.15, -0.1) is 0 Å². The molecular weight excluding hydrogens is 424 g/mol. The highest BCUT2D eigenvalue weighted by atomic mass is 32.2. The highest BCUT2D eigenvalue weighted by molar-refractivity contribution is 7.90. The van der Waals surface area contributed by atoms with Gasteiger partial charge in [0, 0.05) is 16.8 Å². The van der Waals surface area contributed by atoms with E-state index < -0.39 is 10.0 Å². The van der Waals surface area contributed by atoms with Gasteiger partial charge in [0.1, 0.15) is 5.75 Å². The van der Waals surface area contributed by atoms with Crippen LogP contribution < -0.4 is 10.1 Å². The Morgan fingerprint density at radius 2 is 1.56 bits per heavy atom. The van der Waals surface area contributed by atoms with Crippen LogP contribution in [0, 0.1) is 0 Å². The third kappa shape index (κ3) is 4.33. The number of rotatable bonds is 6. The van der Waals surface area contributed by atoms with Gasteiger partial charge in [0.05, 0.1) is 23.4 Å². The van der Waals surface area contributed by atoms with Crippen LogP contribution in [0.15, 0.2) is 93.9 Å². The maximum atomic E-state index is 13.0. The highest BCUT2D eigenvalue weighted by Gasteiger charge is 2.26. The first-order chi connectivity index (χ1) is 15.4. The van der Waals surface area contributed by atoms with E-state index >= 15 is 0 Å². The minimum atomic E-state index is -3.96. The summed E-state index contributed by atoms with van der Waals surface area (Å²) in [4.78, 5) is 13.1. The average molecular weight is 447 g/mol. The van der Waals surface area contributed by atoms with E-state index in [9.17, 15) is 13.2 Å². The number of anilines is 1. The van der Waals surface area contributed by atoms with Crippen LogP contribution in [0.25, 0.3) is 0 Å². The number of fused-ring (bicyclic) bond motifs is 1. The first kappa shape index (κ1) is 21.5. The van der Waals surface area contributed by atoms with Crippen molar-refractivity contribution in [2.24, 2.45) is 4.40 Å². The molecule has 0 amide bonds. The maximum Gasteiger partial charge on any atom is 0.282 e. The molecule has 0 unspecified atom stereocenters. The molecule has 0 saturated carbocycles. The molecule has 4 rings (SSSR count). The molecule has 0 fully saturated rings. The molecule has 1 aliphatic carbocycles. The van der Waals surface area contributed by atoms with Crippen molar-refractivity contribution in [3.05, 3.63) is 101 Å². The van der Waals surface area contributed by atoms with Gasteiger partial charge in [0.2, 0.25) is 5.78 Å². The average Bonchev–Trinajstić information content (AvgIpc) is 2.82. The summed E-state index contributed by atoms with van der Waals surface area (Å²) >= 11 is 0. The van der Waals surface area contributed by atoms with Crippen LogP contribution in [0.2, 0.25) is 0 Å². The molecule has 0 aliphatic heterocycles. The normalized spacial score (nSPS) is 14.6. The number of hydrogen-bond acceptors (Lipinski definition) is 5. The quantitative estimate of drug-likeness (QED) is 0.597. The van der Waals surface area contributed by atoms with Crippen LogP contribution in [-0.4, -0.2) is 27.0 Å². The SMILES string of the molecule is CCc1ccc(S(=O)(=O)N=C2C=C(Nc3ccc(OC)cc3)C(=O)c3ccccc32)cc1. The maximum absolute atomic E-state index is 13.0. The summed E-state index contributed by atoms with van der Waals surface area (Å²) in [6.07, 6.45) is 2.29. The number of allylic oxidation sites excluding steroid dienone is 2. The number of methoxy groups -OCH3 is 1. The summed E-state index contributed by atoms with van der Waals surface area (Å²) < 4.78 is 35.2.